The van der Waals surface area contributed by atoms with E-state index in [0.717, 1.165) is 9.13 Å². The molecule has 1 amide bonds. The van der Waals surface area contributed by atoms with Crippen LogP contribution in [0.3, 0.4) is 0 Å². The van der Waals surface area contributed by atoms with E-state index < -0.39 is 0 Å². The van der Waals surface area contributed by atoms with E-state index in [1.807, 2.05) is 30.3 Å². The second kappa shape index (κ2) is 6.68. The molecule has 0 spiro atoms. The number of halogens is 1. The Morgan fingerprint density at radius 1 is 1.32 bits per heavy atom. The number of ether oxygens (including phenoxy) is 1. The Morgan fingerprint density at radius 2 is 1.95 bits per heavy atom. The van der Waals surface area contributed by atoms with Gasteiger partial charge in [-0.25, -0.2) is 0 Å². The van der Waals surface area contributed by atoms with E-state index >= 15 is 0 Å². The fourth-order valence-electron chi connectivity index (χ4n) is 1.80. The number of carbonyl (C=O) groups excluding carboxylic acids is 1. The summed E-state index contributed by atoms with van der Waals surface area (Å²) in [5, 5.41) is 9.14. The molecule has 1 fully saturated rings. The number of hydrogen-bond acceptors (Lipinski definition) is 3. The molecule has 0 N–H and O–H groups in total. The van der Waals surface area contributed by atoms with E-state index in [9.17, 15) is 4.79 Å². The van der Waals surface area contributed by atoms with Gasteiger partial charge in [0.15, 0.2) is 0 Å². The molecule has 1 saturated heterocycles. The van der Waals surface area contributed by atoms with Crippen molar-refractivity contribution in [3.8, 4) is 6.07 Å². The molecular formula is C14H13IN2O2. The Morgan fingerprint density at radius 3 is 2.53 bits per heavy atom. The van der Waals surface area contributed by atoms with Gasteiger partial charge in [-0.2, -0.15) is 5.26 Å². The van der Waals surface area contributed by atoms with E-state index in [1.165, 1.54) is 0 Å². The van der Waals surface area contributed by atoms with Crippen molar-refractivity contribution in [1.82, 2.24) is 4.90 Å². The number of carbonyl (C=O) groups is 1. The molecule has 0 saturated carbocycles. The van der Waals surface area contributed by atoms with Crippen LogP contribution in [0.15, 0.2) is 29.8 Å². The average molecular weight is 368 g/mol. The zero-order valence-electron chi connectivity index (χ0n) is 10.3. The first-order valence-electron chi connectivity index (χ1n) is 5.95. The van der Waals surface area contributed by atoms with Crippen molar-refractivity contribution >= 4 is 34.6 Å². The lowest BCUT2D eigenvalue weighted by atomic mass is 10.1. The van der Waals surface area contributed by atoms with Gasteiger partial charge in [0.25, 0.3) is 5.91 Å². The molecule has 1 aromatic carbocycles. The van der Waals surface area contributed by atoms with E-state index in [4.69, 9.17) is 10.00 Å². The molecule has 1 aliphatic heterocycles. The maximum Gasteiger partial charge on any atom is 0.264 e. The number of nitriles is 1. The van der Waals surface area contributed by atoms with Crippen LogP contribution in [0, 0.1) is 14.9 Å². The topological polar surface area (TPSA) is 53.3 Å². The second-order valence-corrected chi connectivity index (χ2v) is 5.37. The SMILES string of the molecule is N#CC(=Cc1ccc(I)cc1)C(=O)N1CCOCC1. The zero-order valence-corrected chi connectivity index (χ0v) is 12.5. The number of benzene rings is 1. The van der Waals surface area contributed by atoms with Gasteiger partial charge in [-0.15, -0.1) is 0 Å². The van der Waals surface area contributed by atoms with Crippen molar-refractivity contribution in [3.63, 3.8) is 0 Å². The highest BCUT2D eigenvalue weighted by Gasteiger charge is 2.20. The second-order valence-electron chi connectivity index (χ2n) is 4.13. The van der Waals surface area contributed by atoms with Crippen LogP contribution >= 0.6 is 22.6 Å². The predicted octanol–water partition coefficient (Wildman–Crippen LogP) is 2.06. The lowest BCUT2D eigenvalue weighted by Gasteiger charge is -2.26. The molecule has 0 aromatic heterocycles. The van der Waals surface area contributed by atoms with Gasteiger partial charge in [0.2, 0.25) is 0 Å². The summed E-state index contributed by atoms with van der Waals surface area (Å²) >= 11 is 2.21. The largest absolute Gasteiger partial charge is 0.378 e. The van der Waals surface area contributed by atoms with Crippen LogP contribution < -0.4 is 0 Å². The van der Waals surface area contributed by atoms with Gasteiger partial charge in [0.05, 0.1) is 13.2 Å². The van der Waals surface area contributed by atoms with Crippen LogP contribution in [0.5, 0.6) is 0 Å². The molecule has 1 heterocycles. The lowest BCUT2D eigenvalue weighted by molar-refractivity contribution is -0.130. The van der Waals surface area contributed by atoms with E-state index in [2.05, 4.69) is 22.6 Å². The summed E-state index contributed by atoms with van der Waals surface area (Å²) in [7, 11) is 0. The number of nitrogens with zero attached hydrogens (tertiary/aromatic N) is 2. The molecule has 4 nitrogen and oxygen atoms in total. The van der Waals surface area contributed by atoms with Crippen molar-refractivity contribution in [1.29, 1.82) is 5.26 Å². The molecule has 19 heavy (non-hydrogen) atoms. The van der Waals surface area contributed by atoms with Crippen LogP contribution in [-0.2, 0) is 9.53 Å². The zero-order chi connectivity index (χ0) is 13.7. The summed E-state index contributed by atoms with van der Waals surface area (Å²) < 4.78 is 6.32. The van der Waals surface area contributed by atoms with Crippen molar-refractivity contribution in [3.05, 3.63) is 39.0 Å². The third kappa shape index (κ3) is 3.78. The molecule has 1 aliphatic rings. The standard InChI is InChI=1S/C14H13IN2O2/c15-13-3-1-11(2-4-13)9-12(10-16)14(18)17-5-7-19-8-6-17/h1-4,9H,5-8H2. The number of amides is 1. The minimum absolute atomic E-state index is 0.170. The maximum atomic E-state index is 12.2. The summed E-state index contributed by atoms with van der Waals surface area (Å²) in [5.41, 5.74) is 1.03. The fraction of sp³-hybridized carbons (Fsp3) is 0.286. The third-order valence-corrected chi connectivity index (χ3v) is 3.55. The normalized spacial score (nSPS) is 16.0. The monoisotopic (exact) mass is 368 g/mol. The number of rotatable bonds is 2. The average Bonchev–Trinajstić information content (AvgIpc) is 2.47. The van der Waals surface area contributed by atoms with Gasteiger partial charge in [0, 0.05) is 16.7 Å². The molecule has 0 aliphatic carbocycles. The van der Waals surface area contributed by atoms with Crippen molar-refractivity contribution in [2.45, 2.75) is 0 Å². The summed E-state index contributed by atoms with van der Waals surface area (Å²) in [4.78, 5) is 13.8. The lowest BCUT2D eigenvalue weighted by Crippen LogP contribution is -2.41. The van der Waals surface area contributed by atoms with Gasteiger partial charge >= 0.3 is 0 Å². The van der Waals surface area contributed by atoms with Crippen LogP contribution in [0.4, 0.5) is 0 Å². The first kappa shape index (κ1) is 14.0. The van der Waals surface area contributed by atoms with Crippen molar-refractivity contribution < 1.29 is 9.53 Å². The van der Waals surface area contributed by atoms with Crippen LogP contribution in [0.25, 0.3) is 6.08 Å². The minimum Gasteiger partial charge on any atom is -0.378 e. The third-order valence-electron chi connectivity index (χ3n) is 2.83. The Bertz CT molecular complexity index is 525. The molecule has 98 valence electrons. The first-order valence-corrected chi connectivity index (χ1v) is 7.03. The molecule has 2 rings (SSSR count). The Hall–Kier alpha value is -1.39. The minimum atomic E-state index is -0.218. The van der Waals surface area contributed by atoms with Crippen LogP contribution in [-0.4, -0.2) is 37.1 Å². The predicted molar refractivity (Wildman–Crippen MR) is 80.1 cm³/mol. The van der Waals surface area contributed by atoms with Gasteiger partial charge in [-0.1, -0.05) is 12.1 Å². The van der Waals surface area contributed by atoms with E-state index in [1.54, 1.807) is 11.0 Å². The highest BCUT2D eigenvalue weighted by molar-refractivity contribution is 14.1. The highest BCUT2D eigenvalue weighted by atomic mass is 127. The van der Waals surface area contributed by atoms with Crippen molar-refractivity contribution in [2.75, 3.05) is 26.3 Å². The molecule has 0 atom stereocenters. The van der Waals surface area contributed by atoms with Gasteiger partial charge < -0.3 is 9.64 Å². The summed E-state index contributed by atoms with van der Waals surface area (Å²) in [6.45, 7) is 2.16. The molecule has 0 bridgehead atoms. The van der Waals surface area contributed by atoms with Gasteiger partial charge in [-0.05, 0) is 46.4 Å². The molecular weight excluding hydrogens is 355 g/mol. The number of hydrogen-bond donors (Lipinski definition) is 0. The quantitative estimate of drug-likeness (QED) is 0.456. The first-order chi connectivity index (χ1) is 9.20. The Balaban J connectivity index is 2.17. The summed E-state index contributed by atoms with van der Waals surface area (Å²) in [5.74, 6) is -0.218. The highest BCUT2D eigenvalue weighted by Crippen LogP contribution is 2.12. The Labute approximate surface area is 125 Å². The summed E-state index contributed by atoms with van der Waals surface area (Å²) in [6.07, 6.45) is 1.63. The fourth-order valence-corrected chi connectivity index (χ4v) is 2.16. The maximum absolute atomic E-state index is 12.2. The molecule has 0 radical (unpaired) electrons. The van der Waals surface area contributed by atoms with Crippen LogP contribution in [0.2, 0.25) is 0 Å². The van der Waals surface area contributed by atoms with Crippen LogP contribution in [0.1, 0.15) is 5.56 Å². The van der Waals surface area contributed by atoms with Gasteiger partial charge in [0.1, 0.15) is 11.6 Å². The Kier molecular flexibility index (Phi) is 4.93. The molecule has 0 unspecified atom stereocenters. The van der Waals surface area contributed by atoms with Crippen molar-refractivity contribution in [2.24, 2.45) is 0 Å². The van der Waals surface area contributed by atoms with E-state index in [-0.39, 0.29) is 11.5 Å². The smallest absolute Gasteiger partial charge is 0.264 e. The molecule has 1 aromatic rings. The van der Waals surface area contributed by atoms with Gasteiger partial charge in [-0.3, -0.25) is 4.79 Å². The summed E-state index contributed by atoms with van der Waals surface area (Å²) in [6, 6.07) is 9.67. The van der Waals surface area contributed by atoms with E-state index in [0.29, 0.717) is 26.3 Å². The number of morpholine rings is 1. The molecule has 5 heteroatoms.